The lowest BCUT2D eigenvalue weighted by Crippen LogP contribution is -2.46. The zero-order valence-electron chi connectivity index (χ0n) is 10.0. The summed E-state index contributed by atoms with van der Waals surface area (Å²) >= 11 is 0. The molecule has 1 heterocycles. The van der Waals surface area contributed by atoms with Crippen LogP contribution in [0, 0.1) is 0 Å². The van der Waals surface area contributed by atoms with Crippen LogP contribution in [0.3, 0.4) is 0 Å². The van der Waals surface area contributed by atoms with Gasteiger partial charge in [0.05, 0.1) is 0 Å². The molecule has 92 valence electrons. The molecule has 1 aliphatic carbocycles. The standard InChI is InChI=1S/C12H23N3O/c16-12(14-11-5-2-1-3-6-11)15-9-4-7-13-8-10-15/h11,13H,1-10H2,(H,14,16). The molecule has 0 aromatic rings. The Morgan fingerprint density at radius 1 is 1.06 bits per heavy atom. The lowest BCUT2D eigenvalue weighted by Gasteiger charge is -2.27. The fourth-order valence-electron chi connectivity index (χ4n) is 2.56. The summed E-state index contributed by atoms with van der Waals surface area (Å²) in [6.45, 7) is 3.70. The van der Waals surface area contributed by atoms with E-state index >= 15 is 0 Å². The summed E-state index contributed by atoms with van der Waals surface area (Å²) < 4.78 is 0. The van der Waals surface area contributed by atoms with Gasteiger partial charge in [-0.15, -0.1) is 0 Å². The predicted octanol–water partition coefficient (Wildman–Crippen LogP) is 1.32. The molecule has 1 saturated carbocycles. The van der Waals surface area contributed by atoms with Crippen molar-refractivity contribution in [2.24, 2.45) is 0 Å². The zero-order valence-corrected chi connectivity index (χ0v) is 10.0. The van der Waals surface area contributed by atoms with Crippen LogP contribution < -0.4 is 10.6 Å². The molecular weight excluding hydrogens is 202 g/mol. The van der Waals surface area contributed by atoms with Crippen molar-refractivity contribution in [1.82, 2.24) is 15.5 Å². The molecular formula is C12H23N3O. The number of rotatable bonds is 1. The van der Waals surface area contributed by atoms with E-state index in [1.165, 1.54) is 19.3 Å². The van der Waals surface area contributed by atoms with Gasteiger partial charge in [-0.25, -0.2) is 4.79 Å². The van der Waals surface area contributed by atoms with Gasteiger partial charge in [-0.3, -0.25) is 0 Å². The third kappa shape index (κ3) is 3.37. The molecule has 0 bridgehead atoms. The van der Waals surface area contributed by atoms with Crippen molar-refractivity contribution in [3.63, 3.8) is 0 Å². The van der Waals surface area contributed by atoms with Crippen molar-refractivity contribution in [2.75, 3.05) is 26.2 Å². The number of nitrogens with one attached hydrogen (secondary N) is 2. The Balaban J connectivity index is 1.76. The monoisotopic (exact) mass is 225 g/mol. The molecule has 2 rings (SSSR count). The number of amides is 2. The molecule has 4 heteroatoms. The number of carbonyl (C=O) groups excluding carboxylic acids is 1. The average molecular weight is 225 g/mol. The molecule has 2 amide bonds. The van der Waals surface area contributed by atoms with E-state index in [4.69, 9.17) is 0 Å². The molecule has 0 unspecified atom stereocenters. The van der Waals surface area contributed by atoms with Gasteiger partial charge in [0.15, 0.2) is 0 Å². The number of carbonyl (C=O) groups is 1. The van der Waals surface area contributed by atoms with Gasteiger partial charge in [-0.05, 0) is 25.8 Å². The number of nitrogens with zero attached hydrogens (tertiary/aromatic N) is 1. The Labute approximate surface area is 97.8 Å². The topological polar surface area (TPSA) is 44.4 Å². The second-order valence-corrected chi connectivity index (χ2v) is 4.88. The van der Waals surface area contributed by atoms with Crippen molar-refractivity contribution >= 4 is 6.03 Å². The number of urea groups is 1. The van der Waals surface area contributed by atoms with E-state index in [2.05, 4.69) is 10.6 Å². The first kappa shape index (κ1) is 11.7. The normalized spacial score (nSPS) is 23.9. The van der Waals surface area contributed by atoms with Crippen LogP contribution in [0.4, 0.5) is 4.79 Å². The SMILES string of the molecule is O=C(NC1CCCCC1)N1CCCNCC1. The first-order valence-corrected chi connectivity index (χ1v) is 6.62. The van der Waals surface area contributed by atoms with Crippen LogP contribution in [0.5, 0.6) is 0 Å². The Kier molecular flexibility index (Phi) is 4.45. The molecule has 2 N–H and O–H groups in total. The molecule has 1 saturated heterocycles. The van der Waals surface area contributed by atoms with E-state index in [9.17, 15) is 4.79 Å². The van der Waals surface area contributed by atoms with Crippen LogP contribution in [0.25, 0.3) is 0 Å². The summed E-state index contributed by atoms with van der Waals surface area (Å²) in [5.41, 5.74) is 0. The van der Waals surface area contributed by atoms with Crippen LogP contribution in [-0.2, 0) is 0 Å². The highest BCUT2D eigenvalue weighted by molar-refractivity contribution is 5.74. The highest BCUT2D eigenvalue weighted by atomic mass is 16.2. The third-order valence-corrected chi connectivity index (χ3v) is 3.56. The summed E-state index contributed by atoms with van der Waals surface area (Å²) in [4.78, 5) is 14.0. The Hall–Kier alpha value is -0.770. The highest BCUT2D eigenvalue weighted by Crippen LogP contribution is 2.17. The second-order valence-electron chi connectivity index (χ2n) is 4.88. The quantitative estimate of drug-likeness (QED) is 0.707. The molecule has 0 atom stereocenters. The highest BCUT2D eigenvalue weighted by Gasteiger charge is 2.20. The maximum absolute atomic E-state index is 12.0. The van der Waals surface area contributed by atoms with Crippen LogP contribution in [0.2, 0.25) is 0 Å². The molecule has 2 fully saturated rings. The van der Waals surface area contributed by atoms with E-state index in [1.54, 1.807) is 0 Å². The van der Waals surface area contributed by atoms with Crippen molar-refractivity contribution < 1.29 is 4.79 Å². The zero-order chi connectivity index (χ0) is 11.2. The summed E-state index contributed by atoms with van der Waals surface area (Å²) in [5.74, 6) is 0. The van der Waals surface area contributed by atoms with Gasteiger partial charge in [0, 0.05) is 25.7 Å². The molecule has 0 radical (unpaired) electrons. The minimum Gasteiger partial charge on any atom is -0.335 e. The molecule has 2 aliphatic rings. The van der Waals surface area contributed by atoms with Crippen molar-refractivity contribution in [3.8, 4) is 0 Å². The Morgan fingerprint density at radius 3 is 2.69 bits per heavy atom. The fraction of sp³-hybridized carbons (Fsp3) is 0.917. The maximum Gasteiger partial charge on any atom is 0.317 e. The van der Waals surface area contributed by atoms with E-state index in [0.717, 1.165) is 45.4 Å². The molecule has 16 heavy (non-hydrogen) atoms. The minimum atomic E-state index is 0.149. The first-order valence-electron chi connectivity index (χ1n) is 6.62. The van der Waals surface area contributed by atoms with E-state index < -0.39 is 0 Å². The Morgan fingerprint density at radius 2 is 1.88 bits per heavy atom. The predicted molar refractivity (Wildman–Crippen MR) is 64.5 cm³/mol. The molecule has 1 aliphatic heterocycles. The van der Waals surface area contributed by atoms with Gasteiger partial charge in [0.25, 0.3) is 0 Å². The van der Waals surface area contributed by atoms with Crippen LogP contribution in [-0.4, -0.2) is 43.2 Å². The van der Waals surface area contributed by atoms with Gasteiger partial charge in [-0.1, -0.05) is 19.3 Å². The van der Waals surface area contributed by atoms with Crippen LogP contribution in [0.15, 0.2) is 0 Å². The average Bonchev–Trinajstić information content (AvgIpc) is 2.59. The van der Waals surface area contributed by atoms with Gasteiger partial charge in [-0.2, -0.15) is 0 Å². The van der Waals surface area contributed by atoms with Gasteiger partial charge in [0.2, 0.25) is 0 Å². The third-order valence-electron chi connectivity index (χ3n) is 3.56. The lowest BCUT2D eigenvalue weighted by atomic mass is 9.96. The largest absolute Gasteiger partial charge is 0.335 e. The van der Waals surface area contributed by atoms with Crippen molar-refractivity contribution in [1.29, 1.82) is 0 Å². The van der Waals surface area contributed by atoms with Gasteiger partial charge in [0.1, 0.15) is 0 Å². The van der Waals surface area contributed by atoms with E-state index in [-0.39, 0.29) is 6.03 Å². The van der Waals surface area contributed by atoms with Crippen molar-refractivity contribution in [3.05, 3.63) is 0 Å². The van der Waals surface area contributed by atoms with Crippen LogP contribution in [0.1, 0.15) is 38.5 Å². The summed E-state index contributed by atoms with van der Waals surface area (Å²) in [6.07, 6.45) is 7.27. The maximum atomic E-state index is 12.0. The fourth-order valence-corrected chi connectivity index (χ4v) is 2.56. The van der Waals surface area contributed by atoms with Crippen molar-refractivity contribution in [2.45, 2.75) is 44.6 Å². The van der Waals surface area contributed by atoms with Gasteiger partial charge >= 0.3 is 6.03 Å². The molecule has 0 spiro atoms. The van der Waals surface area contributed by atoms with E-state index in [1.807, 2.05) is 4.90 Å². The number of hydrogen-bond acceptors (Lipinski definition) is 2. The summed E-state index contributed by atoms with van der Waals surface area (Å²) in [6, 6.07) is 0.577. The van der Waals surface area contributed by atoms with Gasteiger partial charge < -0.3 is 15.5 Å². The number of hydrogen-bond donors (Lipinski definition) is 2. The lowest BCUT2D eigenvalue weighted by molar-refractivity contribution is 0.193. The minimum absolute atomic E-state index is 0.149. The molecule has 4 nitrogen and oxygen atoms in total. The van der Waals surface area contributed by atoms with Crippen LogP contribution >= 0.6 is 0 Å². The first-order chi connectivity index (χ1) is 7.86. The molecule has 0 aromatic heterocycles. The summed E-state index contributed by atoms with van der Waals surface area (Å²) in [7, 11) is 0. The summed E-state index contributed by atoms with van der Waals surface area (Å²) in [5, 5.41) is 6.49. The van der Waals surface area contributed by atoms with E-state index in [0.29, 0.717) is 6.04 Å². The Bertz CT molecular complexity index is 218. The molecule has 0 aromatic carbocycles. The smallest absolute Gasteiger partial charge is 0.317 e. The second kappa shape index (κ2) is 6.09.